The highest BCUT2D eigenvalue weighted by atomic mass is 32.1. The third-order valence-electron chi connectivity index (χ3n) is 4.09. The molecule has 0 atom stereocenters. The zero-order valence-corrected chi connectivity index (χ0v) is 14.4. The number of nitrogens with zero attached hydrogens (tertiary/aromatic N) is 2. The normalized spacial score (nSPS) is 15.8. The molecule has 0 aliphatic carbocycles. The van der Waals surface area contributed by atoms with Crippen LogP contribution in [0, 0.1) is 0 Å². The molecule has 3 rings (SSSR count). The van der Waals surface area contributed by atoms with Gasteiger partial charge in [0.2, 0.25) is 0 Å². The highest BCUT2D eigenvalue weighted by Gasteiger charge is 2.14. The number of hydrogen-bond donors (Lipinski definition) is 1. The third kappa shape index (κ3) is 5.13. The second-order valence-electron chi connectivity index (χ2n) is 5.84. The molecule has 0 saturated carbocycles. The maximum atomic E-state index is 5.40. The van der Waals surface area contributed by atoms with Gasteiger partial charge >= 0.3 is 0 Å². The van der Waals surface area contributed by atoms with Gasteiger partial charge in [-0.2, -0.15) is 0 Å². The highest BCUT2D eigenvalue weighted by molar-refractivity contribution is 7.09. The molecule has 0 radical (unpaired) electrons. The maximum Gasteiger partial charge on any atom is 0.193 e. The number of furan rings is 1. The standard InChI is InChI=1S/C18H25N3OS/c1-2-12-21(13-3-1)18(19-10-8-16-6-4-14-22-16)20-11-9-17-7-5-15-23-17/h4-7,14-15H,1-3,8-13H2,(H,19,20). The molecule has 124 valence electrons. The Morgan fingerprint density at radius 2 is 2.09 bits per heavy atom. The molecular formula is C18H25N3OS. The van der Waals surface area contributed by atoms with Crippen LogP contribution >= 0.6 is 11.3 Å². The number of aliphatic imine (C=N–C) groups is 1. The average Bonchev–Trinajstić information content (AvgIpc) is 3.28. The largest absolute Gasteiger partial charge is 0.469 e. The van der Waals surface area contributed by atoms with Crippen LogP contribution < -0.4 is 5.32 Å². The van der Waals surface area contributed by atoms with Crippen LogP contribution in [0.1, 0.15) is 29.9 Å². The molecule has 0 aromatic carbocycles. The van der Waals surface area contributed by atoms with E-state index in [0.29, 0.717) is 0 Å². The van der Waals surface area contributed by atoms with E-state index in [9.17, 15) is 0 Å². The number of likely N-dealkylation sites (tertiary alicyclic amines) is 1. The van der Waals surface area contributed by atoms with Crippen LogP contribution in [0.5, 0.6) is 0 Å². The second-order valence-corrected chi connectivity index (χ2v) is 6.87. The molecule has 4 nitrogen and oxygen atoms in total. The van der Waals surface area contributed by atoms with Gasteiger partial charge in [0, 0.05) is 43.9 Å². The maximum absolute atomic E-state index is 5.40. The summed E-state index contributed by atoms with van der Waals surface area (Å²) in [6, 6.07) is 8.26. The fraction of sp³-hybridized carbons (Fsp3) is 0.500. The van der Waals surface area contributed by atoms with Crippen LogP contribution in [0.25, 0.3) is 0 Å². The molecule has 3 heterocycles. The first-order chi connectivity index (χ1) is 11.4. The molecule has 23 heavy (non-hydrogen) atoms. The van der Waals surface area contributed by atoms with Crippen molar-refractivity contribution in [2.24, 2.45) is 4.99 Å². The van der Waals surface area contributed by atoms with E-state index >= 15 is 0 Å². The predicted octanol–water partition coefficient (Wildman–Crippen LogP) is 3.56. The van der Waals surface area contributed by atoms with E-state index in [1.807, 2.05) is 23.5 Å². The summed E-state index contributed by atoms with van der Waals surface area (Å²) in [4.78, 5) is 8.66. The Hall–Kier alpha value is -1.75. The Labute approximate surface area is 142 Å². The minimum atomic E-state index is 0.847. The number of nitrogens with one attached hydrogen (secondary N) is 1. The Morgan fingerprint density at radius 3 is 2.83 bits per heavy atom. The summed E-state index contributed by atoms with van der Waals surface area (Å²) in [7, 11) is 0. The first-order valence-electron chi connectivity index (χ1n) is 8.50. The zero-order valence-electron chi connectivity index (χ0n) is 13.5. The van der Waals surface area contributed by atoms with Crippen molar-refractivity contribution in [2.45, 2.75) is 32.1 Å². The lowest BCUT2D eigenvalue weighted by Crippen LogP contribution is -2.44. The lowest BCUT2D eigenvalue weighted by atomic mass is 10.1. The van der Waals surface area contributed by atoms with Gasteiger partial charge in [-0.3, -0.25) is 4.99 Å². The molecule has 5 heteroatoms. The van der Waals surface area contributed by atoms with E-state index in [1.54, 1.807) is 6.26 Å². The molecule has 2 aromatic rings. The summed E-state index contributed by atoms with van der Waals surface area (Å²) in [5.74, 6) is 2.09. The van der Waals surface area contributed by atoms with Crippen LogP contribution in [-0.2, 0) is 12.8 Å². The number of piperidine rings is 1. The molecule has 2 aromatic heterocycles. The second kappa shape index (κ2) is 8.77. The molecule has 1 fully saturated rings. The number of guanidine groups is 1. The minimum absolute atomic E-state index is 0.847. The topological polar surface area (TPSA) is 40.8 Å². The molecule has 1 aliphatic rings. The molecule has 0 unspecified atom stereocenters. The molecule has 1 N–H and O–H groups in total. The van der Waals surface area contributed by atoms with Gasteiger partial charge < -0.3 is 14.6 Å². The summed E-state index contributed by atoms with van der Waals surface area (Å²) < 4.78 is 5.40. The van der Waals surface area contributed by atoms with Crippen molar-refractivity contribution < 1.29 is 4.42 Å². The van der Waals surface area contributed by atoms with Gasteiger partial charge in [0.05, 0.1) is 6.26 Å². The van der Waals surface area contributed by atoms with E-state index in [-0.39, 0.29) is 0 Å². The molecule has 0 bridgehead atoms. The lowest BCUT2D eigenvalue weighted by Gasteiger charge is -2.30. The van der Waals surface area contributed by atoms with Gasteiger partial charge in [0.1, 0.15) is 5.76 Å². The van der Waals surface area contributed by atoms with Gasteiger partial charge in [-0.1, -0.05) is 6.07 Å². The summed E-state index contributed by atoms with van der Waals surface area (Å²) in [6.07, 6.45) is 7.52. The summed E-state index contributed by atoms with van der Waals surface area (Å²) >= 11 is 1.81. The smallest absolute Gasteiger partial charge is 0.193 e. The summed E-state index contributed by atoms with van der Waals surface area (Å²) in [5.41, 5.74) is 0. The molecule has 1 aliphatic heterocycles. The Balaban J connectivity index is 1.53. The van der Waals surface area contributed by atoms with E-state index in [2.05, 4.69) is 27.7 Å². The number of rotatable bonds is 6. The van der Waals surface area contributed by atoms with E-state index < -0.39 is 0 Å². The van der Waals surface area contributed by atoms with Crippen LogP contribution in [0.4, 0.5) is 0 Å². The monoisotopic (exact) mass is 331 g/mol. The van der Waals surface area contributed by atoms with Crippen molar-refractivity contribution in [3.63, 3.8) is 0 Å². The van der Waals surface area contributed by atoms with Crippen molar-refractivity contribution in [3.05, 3.63) is 46.5 Å². The van der Waals surface area contributed by atoms with Crippen LogP contribution in [0.2, 0.25) is 0 Å². The van der Waals surface area contributed by atoms with Gasteiger partial charge in [0.25, 0.3) is 0 Å². The van der Waals surface area contributed by atoms with E-state index in [4.69, 9.17) is 9.41 Å². The third-order valence-corrected chi connectivity index (χ3v) is 5.03. The minimum Gasteiger partial charge on any atom is -0.469 e. The van der Waals surface area contributed by atoms with Crippen molar-refractivity contribution in [3.8, 4) is 0 Å². The van der Waals surface area contributed by atoms with Crippen LogP contribution in [0.3, 0.4) is 0 Å². The number of hydrogen-bond acceptors (Lipinski definition) is 3. The fourth-order valence-corrected chi connectivity index (χ4v) is 3.55. The van der Waals surface area contributed by atoms with Crippen molar-refractivity contribution in [1.29, 1.82) is 0 Å². The molecule has 0 amide bonds. The van der Waals surface area contributed by atoms with E-state index in [0.717, 1.165) is 50.7 Å². The van der Waals surface area contributed by atoms with E-state index in [1.165, 1.54) is 24.1 Å². The Bertz CT molecular complexity index is 571. The zero-order chi connectivity index (χ0) is 15.7. The van der Waals surface area contributed by atoms with Gasteiger partial charge in [0.15, 0.2) is 5.96 Å². The van der Waals surface area contributed by atoms with Crippen molar-refractivity contribution >= 4 is 17.3 Å². The van der Waals surface area contributed by atoms with Crippen molar-refractivity contribution in [1.82, 2.24) is 10.2 Å². The molecule has 0 spiro atoms. The van der Waals surface area contributed by atoms with Gasteiger partial charge in [-0.25, -0.2) is 0 Å². The first kappa shape index (κ1) is 16.1. The molecule has 1 saturated heterocycles. The number of thiophene rings is 1. The Morgan fingerprint density at radius 1 is 1.17 bits per heavy atom. The highest BCUT2D eigenvalue weighted by Crippen LogP contribution is 2.11. The van der Waals surface area contributed by atoms with Crippen LogP contribution in [-0.4, -0.2) is 37.0 Å². The summed E-state index contributed by atoms with van der Waals surface area (Å²) in [6.45, 7) is 3.94. The first-order valence-corrected chi connectivity index (χ1v) is 9.38. The quantitative estimate of drug-likeness (QED) is 0.650. The Kier molecular flexibility index (Phi) is 6.15. The lowest BCUT2D eigenvalue weighted by molar-refractivity contribution is 0.331. The fourth-order valence-electron chi connectivity index (χ4n) is 2.85. The van der Waals surface area contributed by atoms with Crippen LogP contribution in [0.15, 0.2) is 45.3 Å². The van der Waals surface area contributed by atoms with Crippen molar-refractivity contribution in [2.75, 3.05) is 26.2 Å². The predicted molar refractivity (Wildman–Crippen MR) is 96.2 cm³/mol. The molecular weight excluding hydrogens is 306 g/mol. The SMILES string of the molecule is c1coc(CCNC(=NCCc2cccs2)N2CCCCC2)c1. The summed E-state index contributed by atoms with van der Waals surface area (Å²) in [5, 5.41) is 5.66. The van der Waals surface area contributed by atoms with Gasteiger partial charge in [-0.05, 0) is 42.8 Å². The average molecular weight is 331 g/mol. The van der Waals surface area contributed by atoms with Gasteiger partial charge in [-0.15, -0.1) is 11.3 Å².